The normalized spacial score (nSPS) is 11.0. The van der Waals surface area contributed by atoms with Crippen LogP contribution in [0.4, 0.5) is 5.69 Å². The first-order valence-electron chi connectivity index (χ1n) is 8.60. The third-order valence-electron chi connectivity index (χ3n) is 4.29. The molecular weight excluding hydrogens is 366 g/mol. The van der Waals surface area contributed by atoms with Gasteiger partial charge in [0.1, 0.15) is 0 Å². The Balaban J connectivity index is 1.71. The van der Waals surface area contributed by atoms with E-state index >= 15 is 0 Å². The fraction of sp³-hybridized carbons (Fsp3) is 0.316. The van der Waals surface area contributed by atoms with Gasteiger partial charge in [-0.3, -0.25) is 9.48 Å². The molecule has 1 amide bonds. The molecule has 2 aromatic heterocycles. The highest BCUT2D eigenvalue weighted by Crippen LogP contribution is 2.20. The van der Waals surface area contributed by atoms with Crippen LogP contribution < -0.4 is 5.32 Å². The van der Waals surface area contributed by atoms with Crippen molar-refractivity contribution in [1.82, 2.24) is 19.6 Å². The summed E-state index contributed by atoms with van der Waals surface area (Å²) in [6.07, 6.45) is 3.66. The number of carbonyl (C=O) groups excluding carboxylic acids is 1. The molecule has 0 fully saturated rings. The number of carbonyl (C=O) groups is 1. The summed E-state index contributed by atoms with van der Waals surface area (Å²) in [6.45, 7) is 5.07. The Labute approximate surface area is 162 Å². The van der Waals surface area contributed by atoms with E-state index in [2.05, 4.69) is 15.5 Å². The van der Waals surface area contributed by atoms with Crippen LogP contribution in [0.3, 0.4) is 0 Å². The third-order valence-corrected chi connectivity index (χ3v) is 4.54. The van der Waals surface area contributed by atoms with Crippen molar-refractivity contribution in [2.24, 2.45) is 0 Å². The van der Waals surface area contributed by atoms with Gasteiger partial charge in [0.2, 0.25) is 5.91 Å². The standard InChI is InChI=1S/C19H22ClN5O2/c1-13-18(14(2)25(23-13)17-6-4-15(20)5-7-17)10-19(26)22-16-11-21-24(12-16)8-9-27-3/h4-7,11-12H,8-10H2,1-3H3,(H,22,26). The molecule has 27 heavy (non-hydrogen) atoms. The van der Waals surface area contributed by atoms with Gasteiger partial charge in [-0.05, 0) is 38.1 Å². The molecule has 2 heterocycles. The molecule has 0 saturated heterocycles. The predicted octanol–water partition coefficient (Wildman–Crippen LogP) is 3.17. The lowest BCUT2D eigenvalue weighted by Gasteiger charge is -2.06. The summed E-state index contributed by atoms with van der Waals surface area (Å²) >= 11 is 5.95. The molecule has 0 bridgehead atoms. The highest BCUT2D eigenvalue weighted by molar-refractivity contribution is 6.30. The smallest absolute Gasteiger partial charge is 0.229 e. The van der Waals surface area contributed by atoms with E-state index in [9.17, 15) is 4.79 Å². The molecule has 3 aromatic rings. The first-order chi connectivity index (χ1) is 13.0. The number of hydrogen-bond acceptors (Lipinski definition) is 4. The lowest BCUT2D eigenvalue weighted by Crippen LogP contribution is -2.15. The number of ether oxygens (including phenoxy) is 1. The molecule has 1 N–H and O–H groups in total. The monoisotopic (exact) mass is 387 g/mol. The molecule has 0 saturated carbocycles. The SMILES string of the molecule is COCCn1cc(NC(=O)Cc2c(C)nn(-c3ccc(Cl)cc3)c2C)cn1. The van der Waals surface area contributed by atoms with Crippen LogP contribution in [0, 0.1) is 13.8 Å². The number of amides is 1. The van der Waals surface area contributed by atoms with E-state index in [-0.39, 0.29) is 12.3 Å². The van der Waals surface area contributed by atoms with Crippen LogP contribution in [0.2, 0.25) is 5.02 Å². The Morgan fingerprint density at radius 1 is 1.26 bits per heavy atom. The minimum atomic E-state index is -0.108. The minimum absolute atomic E-state index is 0.108. The molecule has 8 heteroatoms. The number of nitrogens with one attached hydrogen (secondary N) is 1. The number of methoxy groups -OCH3 is 1. The maximum absolute atomic E-state index is 12.5. The number of hydrogen-bond donors (Lipinski definition) is 1. The van der Waals surface area contributed by atoms with Crippen molar-refractivity contribution in [3.8, 4) is 5.69 Å². The zero-order chi connectivity index (χ0) is 19.4. The van der Waals surface area contributed by atoms with Crippen molar-refractivity contribution in [1.29, 1.82) is 0 Å². The van der Waals surface area contributed by atoms with Gasteiger partial charge in [-0.15, -0.1) is 0 Å². The molecule has 0 aliphatic heterocycles. The summed E-state index contributed by atoms with van der Waals surface area (Å²) < 4.78 is 8.58. The number of aryl methyl sites for hydroxylation is 1. The Bertz CT molecular complexity index is 930. The Morgan fingerprint density at radius 2 is 2.00 bits per heavy atom. The average molecular weight is 388 g/mol. The van der Waals surface area contributed by atoms with E-state index in [1.807, 2.05) is 42.8 Å². The van der Waals surface area contributed by atoms with Gasteiger partial charge in [-0.1, -0.05) is 11.6 Å². The van der Waals surface area contributed by atoms with E-state index in [4.69, 9.17) is 16.3 Å². The molecule has 0 aliphatic rings. The summed E-state index contributed by atoms with van der Waals surface area (Å²) in [5, 5.41) is 12.3. The van der Waals surface area contributed by atoms with Gasteiger partial charge in [0.15, 0.2) is 0 Å². The van der Waals surface area contributed by atoms with E-state index in [1.54, 1.807) is 24.2 Å². The van der Waals surface area contributed by atoms with Crippen molar-refractivity contribution in [3.63, 3.8) is 0 Å². The Morgan fingerprint density at radius 3 is 2.70 bits per heavy atom. The van der Waals surface area contributed by atoms with Crippen LogP contribution in [0.1, 0.15) is 17.0 Å². The van der Waals surface area contributed by atoms with Crippen LogP contribution in [0.25, 0.3) is 5.69 Å². The van der Waals surface area contributed by atoms with Gasteiger partial charge in [-0.2, -0.15) is 10.2 Å². The molecule has 7 nitrogen and oxygen atoms in total. The van der Waals surface area contributed by atoms with Crippen molar-refractivity contribution >= 4 is 23.2 Å². The van der Waals surface area contributed by atoms with Gasteiger partial charge < -0.3 is 10.1 Å². The molecule has 3 rings (SSSR count). The molecule has 0 spiro atoms. The van der Waals surface area contributed by atoms with Crippen LogP contribution >= 0.6 is 11.6 Å². The lowest BCUT2D eigenvalue weighted by atomic mass is 10.1. The van der Waals surface area contributed by atoms with Crippen molar-refractivity contribution in [2.75, 3.05) is 19.0 Å². The average Bonchev–Trinajstić information content (AvgIpc) is 3.20. The molecule has 0 aliphatic carbocycles. The Kier molecular flexibility index (Phi) is 5.93. The highest BCUT2D eigenvalue weighted by Gasteiger charge is 2.16. The van der Waals surface area contributed by atoms with E-state index < -0.39 is 0 Å². The van der Waals surface area contributed by atoms with E-state index in [0.29, 0.717) is 23.9 Å². The third kappa shape index (κ3) is 4.56. The van der Waals surface area contributed by atoms with Crippen molar-refractivity contribution < 1.29 is 9.53 Å². The van der Waals surface area contributed by atoms with Crippen molar-refractivity contribution in [3.05, 3.63) is 58.6 Å². The quantitative estimate of drug-likeness (QED) is 0.675. The number of aromatic nitrogens is 4. The lowest BCUT2D eigenvalue weighted by molar-refractivity contribution is -0.115. The second kappa shape index (κ2) is 8.37. The van der Waals surface area contributed by atoms with E-state index in [1.165, 1.54) is 0 Å². The topological polar surface area (TPSA) is 74.0 Å². The maximum Gasteiger partial charge on any atom is 0.229 e. The minimum Gasteiger partial charge on any atom is -0.383 e. The molecule has 142 valence electrons. The van der Waals surface area contributed by atoms with Gasteiger partial charge in [0.05, 0.1) is 42.8 Å². The van der Waals surface area contributed by atoms with Crippen LogP contribution in [-0.4, -0.2) is 39.2 Å². The second-order valence-corrected chi connectivity index (χ2v) is 6.68. The number of anilines is 1. The van der Waals surface area contributed by atoms with Gasteiger partial charge in [-0.25, -0.2) is 4.68 Å². The summed E-state index contributed by atoms with van der Waals surface area (Å²) in [4.78, 5) is 12.5. The first-order valence-corrected chi connectivity index (χ1v) is 8.98. The van der Waals surface area contributed by atoms with Crippen LogP contribution in [0.15, 0.2) is 36.7 Å². The summed E-state index contributed by atoms with van der Waals surface area (Å²) in [5.74, 6) is -0.108. The van der Waals surface area contributed by atoms with Crippen molar-refractivity contribution in [2.45, 2.75) is 26.8 Å². The van der Waals surface area contributed by atoms with Crippen LogP contribution in [-0.2, 0) is 22.5 Å². The second-order valence-electron chi connectivity index (χ2n) is 6.25. The van der Waals surface area contributed by atoms with E-state index in [0.717, 1.165) is 22.6 Å². The molecule has 0 atom stereocenters. The number of benzene rings is 1. The largest absolute Gasteiger partial charge is 0.383 e. The summed E-state index contributed by atoms with van der Waals surface area (Å²) in [7, 11) is 1.64. The fourth-order valence-corrected chi connectivity index (χ4v) is 2.99. The summed E-state index contributed by atoms with van der Waals surface area (Å²) in [6, 6.07) is 7.45. The molecule has 0 radical (unpaired) electrons. The van der Waals surface area contributed by atoms with Gasteiger partial charge in [0.25, 0.3) is 0 Å². The Hall–Kier alpha value is -2.64. The maximum atomic E-state index is 12.5. The molecule has 1 aromatic carbocycles. The van der Waals surface area contributed by atoms with Gasteiger partial charge in [0, 0.05) is 29.6 Å². The zero-order valence-corrected chi connectivity index (χ0v) is 16.3. The molecule has 0 unspecified atom stereocenters. The number of nitrogens with zero attached hydrogens (tertiary/aromatic N) is 4. The van der Waals surface area contributed by atoms with Crippen LogP contribution in [0.5, 0.6) is 0 Å². The number of halogens is 1. The predicted molar refractivity (Wildman–Crippen MR) is 104 cm³/mol. The highest BCUT2D eigenvalue weighted by atomic mass is 35.5. The molecular formula is C19H22ClN5O2. The summed E-state index contributed by atoms with van der Waals surface area (Å²) in [5.41, 5.74) is 4.24. The fourth-order valence-electron chi connectivity index (χ4n) is 2.87. The zero-order valence-electron chi connectivity index (χ0n) is 15.6. The van der Waals surface area contributed by atoms with Gasteiger partial charge >= 0.3 is 0 Å². The first kappa shape index (κ1) is 19.1. The number of rotatable bonds is 7.